The second-order valence-electron chi connectivity index (χ2n) is 12.4. The average molecular weight is 592 g/mol. The molecule has 0 amide bonds. The standard InChI is InChI=1S/C27H39N.C12H23F.C2H4/c1-10-23(18-19(4)21(6)27(8,9)12-3)25(11-2)26(22(7)28)20(5)24-16-14-13-15-17-24;1-5-11(8-7-10(3)4)9-12(13)6-2;1-2/h12-18,21,26,28H,3,5,10-11H2,1-2,4,6-9H3;7-8,10-12H,5-6,9H2,1-4H3;1-2H2/b19-18-,25-23+,28-22?;8-7-;. The summed E-state index contributed by atoms with van der Waals surface area (Å²) in [6, 6.07) is 10.3. The van der Waals surface area contributed by atoms with Crippen LogP contribution < -0.4 is 0 Å². The average Bonchev–Trinajstić information content (AvgIpc) is 3.01. The highest BCUT2D eigenvalue weighted by molar-refractivity contribution is 5.96. The van der Waals surface area contributed by atoms with Gasteiger partial charge >= 0.3 is 0 Å². The molecule has 0 bridgehead atoms. The molecule has 0 aliphatic rings. The minimum absolute atomic E-state index is 0.0471. The van der Waals surface area contributed by atoms with Crippen molar-refractivity contribution in [2.45, 2.75) is 114 Å². The Bertz CT molecular complexity index is 1040. The van der Waals surface area contributed by atoms with Crippen LogP contribution in [0.15, 0.2) is 97.7 Å². The number of benzene rings is 1. The van der Waals surface area contributed by atoms with Gasteiger partial charge in [-0.2, -0.15) is 0 Å². The van der Waals surface area contributed by atoms with Crippen LogP contribution >= 0.6 is 0 Å². The lowest BCUT2D eigenvalue weighted by molar-refractivity contribution is 0.276. The molecular weight excluding hydrogens is 525 g/mol. The summed E-state index contributed by atoms with van der Waals surface area (Å²) in [4.78, 5) is 0. The summed E-state index contributed by atoms with van der Waals surface area (Å²) >= 11 is 0. The Balaban J connectivity index is 0. The van der Waals surface area contributed by atoms with Gasteiger partial charge in [-0.15, -0.1) is 19.7 Å². The van der Waals surface area contributed by atoms with Crippen molar-refractivity contribution in [2.24, 2.45) is 29.1 Å². The number of allylic oxidation sites excluding steroid dienone is 8. The van der Waals surface area contributed by atoms with Crippen molar-refractivity contribution < 1.29 is 4.39 Å². The van der Waals surface area contributed by atoms with Crippen molar-refractivity contribution in [3.05, 3.63) is 103 Å². The largest absolute Gasteiger partial charge is 0.309 e. The molecule has 0 heterocycles. The van der Waals surface area contributed by atoms with E-state index in [0.29, 0.717) is 36.3 Å². The molecule has 1 aromatic carbocycles. The predicted molar refractivity (Wildman–Crippen MR) is 196 cm³/mol. The third kappa shape index (κ3) is 15.5. The van der Waals surface area contributed by atoms with Gasteiger partial charge in [-0.1, -0.05) is 135 Å². The van der Waals surface area contributed by atoms with E-state index in [1.54, 1.807) is 0 Å². The molecule has 1 aromatic rings. The first-order chi connectivity index (χ1) is 20.2. The second kappa shape index (κ2) is 22.8. The Morgan fingerprint density at radius 2 is 1.49 bits per heavy atom. The molecule has 1 rings (SSSR count). The summed E-state index contributed by atoms with van der Waals surface area (Å²) in [5.41, 5.74) is 6.84. The first kappa shape index (κ1) is 42.4. The summed E-state index contributed by atoms with van der Waals surface area (Å²) < 4.78 is 13.1. The number of hydrogen-bond acceptors (Lipinski definition) is 1. The van der Waals surface area contributed by atoms with Crippen molar-refractivity contribution in [1.82, 2.24) is 0 Å². The zero-order valence-electron chi connectivity index (χ0n) is 29.8. The smallest absolute Gasteiger partial charge is 0.100 e. The molecule has 0 saturated carbocycles. The Morgan fingerprint density at radius 1 is 0.930 bits per heavy atom. The van der Waals surface area contributed by atoms with Gasteiger partial charge in [0.15, 0.2) is 0 Å². The molecule has 0 saturated heterocycles. The van der Waals surface area contributed by atoms with Crippen LogP contribution in [0.2, 0.25) is 0 Å². The molecule has 242 valence electrons. The fourth-order valence-corrected chi connectivity index (χ4v) is 5.01. The summed E-state index contributed by atoms with van der Waals surface area (Å²) in [7, 11) is 0. The number of hydrogen-bond donors (Lipinski definition) is 1. The zero-order valence-corrected chi connectivity index (χ0v) is 29.8. The Morgan fingerprint density at radius 3 is 1.88 bits per heavy atom. The molecule has 0 radical (unpaired) electrons. The number of nitrogens with one attached hydrogen (secondary N) is 1. The highest BCUT2D eigenvalue weighted by Crippen LogP contribution is 2.37. The van der Waals surface area contributed by atoms with Crippen molar-refractivity contribution in [1.29, 1.82) is 5.41 Å². The van der Waals surface area contributed by atoms with Gasteiger partial charge in [0.05, 0.1) is 0 Å². The second-order valence-corrected chi connectivity index (χ2v) is 12.4. The van der Waals surface area contributed by atoms with Crippen LogP contribution in [0.1, 0.15) is 114 Å². The molecule has 1 N–H and O–H groups in total. The summed E-state index contributed by atoms with van der Waals surface area (Å²) in [6.07, 6.45) is 12.4. The van der Waals surface area contributed by atoms with Crippen LogP contribution in [0, 0.1) is 34.5 Å². The van der Waals surface area contributed by atoms with Crippen molar-refractivity contribution in [2.75, 3.05) is 0 Å². The van der Waals surface area contributed by atoms with E-state index in [1.165, 1.54) is 16.7 Å². The van der Waals surface area contributed by atoms with E-state index in [2.05, 4.69) is 119 Å². The highest BCUT2D eigenvalue weighted by atomic mass is 19.1. The van der Waals surface area contributed by atoms with Crippen LogP contribution in [0.25, 0.3) is 5.57 Å². The first-order valence-electron chi connectivity index (χ1n) is 16.4. The number of halogens is 1. The third-order valence-electron chi connectivity index (χ3n) is 8.47. The van der Waals surface area contributed by atoms with Crippen molar-refractivity contribution in [3.63, 3.8) is 0 Å². The Kier molecular flexibility index (Phi) is 22.4. The monoisotopic (exact) mass is 592 g/mol. The van der Waals surface area contributed by atoms with Gasteiger partial charge in [0.2, 0.25) is 0 Å². The van der Waals surface area contributed by atoms with Crippen LogP contribution in [0.5, 0.6) is 0 Å². The zero-order chi connectivity index (χ0) is 33.8. The lowest BCUT2D eigenvalue weighted by atomic mass is 9.75. The molecule has 43 heavy (non-hydrogen) atoms. The fourth-order valence-electron chi connectivity index (χ4n) is 5.01. The maximum Gasteiger partial charge on any atom is 0.100 e. The fraction of sp³-hybridized carbons (Fsp3) is 0.537. The van der Waals surface area contributed by atoms with E-state index in [4.69, 9.17) is 5.41 Å². The van der Waals surface area contributed by atoms with Gasteiger partial charge in [-0.05, 0) is 85.8 Å². The summed E-state index contributed by atoms with van der Waals surface area (Å²) in [5, 5.41) is 8.50. The molecule has 1 nitrogen and oxygen atoms in total. The van der Waals surface area contributed by atoms with Crippen LogP contribution in [-0.2, 0) is 0 Å². The van der Waals surface area contributed by atoms with Crippen LogP contribution in [-0.4, -0.2) is 11.9 Å². The lowest BCUT2D eigenvalue weighted by Gasteiger charge is -2.30. The maximum absolute atomic E-state index is 13.1. The third-order valence-corrected chi connectivity index (χ3v) is 8.47. The van der Waals surface area contributed by atoms with E-state index >= 15 is 0 Å². The van der Waals surface area contributed by atoms with E-state index in [0.717, 1.165) is 30.4 Å². The predicted octanol–water partition coefficient (Wildman–Crippen LogP) is 13.4. The van der Waals surface area contributed by atoms with Gasteiger partial charge in [-0.3, -0.25) is 0 Å². The summed E-state index contributed by atoms with van der Waals surface area (Å²) in [5.74, 6) is 1.36. The first-order valence-corrected chi connectivity index (χ1v) is 16.4. The quantitative estimate of drug-likeness (QED) is 0.112. The molecule has 0 aromatic heterocycles. The van der Waals surface area contributed by atoms with Crippen molar-refractivity contribution >= 4 is 11.3 Å². The summed E-state index contributed by atoms with van der Waals surface area (Å²) in [6.45, 7) is 38.0. The van der Waals surface area contributed by atoms with E-state index in [9.17, 15) is 4.39 Å². The topological polar surface area (TPSA) is 23.9 Å². The minimum atomic E-state index is -0.623. The van der Waals surface area contributed by atoms with Gasteiger partial charge in [0, 0.05) is 11.6 Å². The number of rotatable bonds is 16. The number of alkyl halides is 1. The highest BCUT2D eigenvalue weighted by Gasteiger charge is 2.25. The van der Waals surface area contributed by atoms with Gasteiger partial charge < -0.3 is 5.41 Å². The molecule has 4 atom stereocenters. The molecule has 0 fully saturated rings. The molecule has 4 unspecified atom stereocenters. The van der Waals surface area contributed by atoms with E-state index in [1.807, 2.05) is 38.1 Å². The molecular formula is C41H66FN. The van der Waals surface area contributed by atoms with Gasteiger partial charge in [-0.25, -0.2) is 4.39 Å². The van der Waals surface area contributed by atoms with Gasteiger partial charge in [0.1, 0.15) is 6.17 Å². The van der Waals surface area contributed by atoms with Crippen molar-refractivity contribution in [3.8, 4) is 0 Å². The van der Waals surface area contributed by atoms with Gasteiger partial charge in [0.25, 0.3) is 0 Å². The minimum Gasteiger partial charge on any atom is -0.309 e. The van der Waals surface area contributed by atoms with Crippen LogP contribution in [0.3, 0.4) is 0 Å². The Hall–Kier alpha value is -2.74. The SMILES string of the molecule is C=C.C=CC(C)(C)C(C)/C(C)=C\C(CC)=C(/CC)C(C(=C)c1ccccc1)C(C)=N.CCC(F)CC(/C=C\C(C)C)CC. The normalized spacial score (nSPS) is 15.2. The maximum atomic E-state index is 13.1. The Labute approximate surface area is 267 Å². The van der Waals surface area contributed by atoms with E-state index in [-0.39, 0.29) is 11.3 Å². The molecule has 0 aliphatic carbocycles. The molecule has 2 heteroatoms. The molecule has 0 spiro atoms. The van der Waals surface area contributed by atoms with Crippen LogP contribution in [0.4, 0.5) is 4.39 Å². The molecule has 0 aliphatic heterocycles. The lowest BCUT2D eigenvalue weighted by Crippen LogP contribution is -2.20. The van der Waals surface area contributed by atoms with E-state index < -0.39 is 6.17 Å².